The monoisotopic (exact) mass is 353 g/mol. The number of ether oxygens (including phenoxy) is 2. The van der Waals surface area contributed by atoms with Gasteiger partial charge < -0.3 is 14.8 Å². The summed E-state index contributed by atoms with van der Waals surface area (Å²) in [5.74, 6) is 0. The van der Waals surface area contributed by atoms with Gasteiger partial charge in [-0.2, -0.15) is 0 Å². The Labute approximate surface area is 158 Å². The van der Waals surface area contributed by atoms with Crippen molar-refractivity contribution in [1.82, 2.24) is 0 Å². The van der Waals surface area contributed by atoms with Gasteiger partial charge in [0.05, 0.1) is 13.2 Å². The summed E-state index contributed by atoms with van der Waals surface area (Å²) in [6, 6.07) is 16.4. The molecule has 1 aliphatic rings. The minimum atomic E-state index is 0.0359. The highest BCUT2D eigenvalue weighted by Gasteiger charge is 2.05. The minimum absolute atomic E-state index is 0.0359. The highest BCUT2D eigenvalue weighted by Crippen LogP contribution is 2.08. The molecule has 0 aromatic heterocycles. The first kappa shape index (κ1) is 21.7. The van der Waals surface area contributed by atoms with Crippen LogP contribution in [0.3, 0.4) is 0 Å². The number of anilines is 1. The van der Waals surface area contributed by atoms with Crippen LogP contribution in [-0.4, -0.2) is 26.6 Å². The lowest BCUT2D eigenvalue weighted by molar-refractivity contribution is -0.167. The molecule has 1 fully saturated rings. The number of rotatable bonds is 3. The van der Waals surface area contributed by atoms with E-state index >= 15 is 0 Å². The van der Waals surface area contributed by atoms with E-state index in [0.717, 1.165) is 30.9 Å². The molecule has 0 bridgehead atoms. The maximum Gasteiger partial charge on any atom is 0.154 e. The molecule has 0 aliphatic carbocycles. The van der Waals surface area contributed by atoms with Gasteiger partial charge in [0, 0.05) is 12.7 Å². The molecule has 1 N–H and O–H groups in total. The summed E-state index contributed by atoms with van der Waals surface area (Å²) in [5, 5.41) is 3.04. The Bertz CT molecular complexity index is 626. The second-order valence-corrected chi connectivity index (χ2v) is 5.85. The summed E-state index contributed by atoms with van der Waals surface area (Å²) in [5.41, 5.74) is 4.76. The predicted octanol–water partition coefficient (Wildman–Crippen LogP) is 5.78. The molecule has 0 radical (unpaired) electrons. The molecule has 3 heteroatoms. The zero-order valence-electron chi connectivity index (χ0n) is 16.2. The summed E-state index contributed by atoms with van der Waals surface area (Å²) in [6.45, 7) is 13.0. The molecular formula is C23H31NO2. The number of hydrogen-bond donors (Lipinski definition) is 1. The van der Waals surface area contributed by atoms with E-state index in [1.54, 1.807) is 0 Å². The van der Waals surface area contributed by atoms with Crippen molar-refractivity contribution in [2.75, 3.05) is 25.6 Å². The third kappa shape index (κ3) is 9.21. The first-order valence-corrected chi connectivity index (χ1v) is 8.91. The van der Waals surface area contributed by atoms with Gasteiger partial charge in [-0.25, -0.2) is 0 Å². The fourth-order valence-electron chi connectivity index (χ4n) is 2.09. The predicted molar refractivity (Wildman–Crippen MR) is 113 cm³/mol. The van der Waals surface area contributed by atoms with Crippen LogP contribution < -0.4 is 5.32 Å². The quantitative estimate of drug-likeness (QED) is 0.759. The summed E-state index contributed by atoms with van der Waals surface area (Å²) < 4.78 is 10.1. The lowest BCUT2D eigenvalue weighted by atomic mass is 10.2. The Balaban J connectivity index is 0.000000198. The summed E-state index contributed by atoms with van der Waals surface area (Å²) in [4.78, 5) is 0. The van der Waals surface area contributed by atoms with Gasteiger partial charge in [0.15, 0.2) is 6.29 Å². The second kappa shape index (κ2) is 12.9. The van der Waals surface area contributed by atoms with Crippen molar-refractivity contribution < 1.29 is 9.47 Å². The van der Waals surface area contributed by atoms with Crippen molar-refractivity contribution in [2.24, 2.45) is 0 Å². The van der Waals surface area contributed by atoms with Gasteiger partial charge >= 0.3 is 0 Å². The topological polar surface area (TPSA) is 30.5 Å². The van der Waals surface area contributed by atoms with Gasteiger partial charge in [-0.05, 0) is 43.5 Å². The molecule has 0 spiro atoms. The number of nitrogens with one attached hydrogen (secondary N) is 1. The normalized spacial score (nSPS) is 13.3. The van der Waals surface area contributed by atoms with Crippen molar-refractivity contribution in [3.8, 4) is 0 Å². The first-order chi connectivity index (χ1) is 12.6. The van der Waals surface area contributed by atoms with Crippen molar-refractivity contribution >= 4 is 17.8 Å². The van der Waals surface area contributed by atoms with E-state index in [2.05, 4.69) is 49.7 Å². The van der Waals surface area contributed by atoms with E-state index in [9.17, 15) is 0 Å². The Kier molecular flexibility index (Phi) is 10.8. The third-order valence-corrected chi connectivity index (χ3v) is 3.74. The maximum atomic E-state index is 5.06. The lowest BCUT2D eigenvalue weighted by Gasteiger charge is -2.18. The van der Waals surface area contributed by atoms with Gasteiger partial charge in [0.25, 0.3) is 0 Å². The Morgan fingerprint density at radius 3 is 1.69 bits per heavy atom. The minimum Gasteiger partial charge on any atom is -0.388 e. The average molecular weight is 354 g/mol. The van der Waals surface area contributed by atoms with E-state index in [1.165, 1.54) is 11.1 Å². The van der Waals surface area contributed by atoms with E-state index < -0.39 is 0 Å². The van der Waals surface area contributed by atoms with Crippen LogP contribution in [0.1, 0.15) is 30.0 Å². The fourth-order valence-corrected chi connectivity index (χ4v) is 2.09. The zero-order chi connectivity index (χ0) is 19.2. The van der Waals surface area contributed by atoms with Crippen molar-refractivity contribution in [1.29, 1.82) is 0 Å². The first-order valence-electron chi connectivity index (χ1n) is 8.91. The second-order valence-electron chi connectivity index (χ2n) is 5.85. The molecule has 1 saturated heterocycles. The highest BCUT2D eigenvalue weighted by atomic mass is 16.7. The molecule has 140 valence electrons. The van der Waals surface area contributed by atoms with Crippen LogP contribution in [-0.2, 0) is 9.47 Å². The average Bonchev–Trinajstić information content (AvgIpc) is 2.70. The molecule has 0 atom stereocenters. The van der Waals surface area contributed by atoms with Crippen LogP contribution in [0.4, 0.5) is 5.69 Å². The van der Waals surface area contributed by atoms with Crippen LogP contribution >= 0.6 is 0 Å². The van der Waals surface area contributed by atoms with Gasteiger partial charge in [0.2, 0.25) is 0 Å². The molecule has 0 saturated carbocycles. The summed E-state index contributed by atoms with van der Waals surface area (Å²) >= 11 is 0. The summed E-state index contributed by atoms with van der Waals surface area (Å²) in [6.07, 6.45) is 4.76. The highest BCUT2D eigenvalue weighted by molar-refractivity contribution is 5.53. The molecule has 3 rings (SSSR count). The van der Waals surface area contributed by atoms with Gasteiger partial charge in [-0.1, -0.05) is 67.3 Å². The Morgan fingerprint density at radius 1 is 0.885 bits per heavy atom. The van der Waals surface area contributed by atoms with Crippen molar-refractivity contribution in [3.05, 3.63) is 78.4 Å². The molecule has 2 aromatic carbocycles. The third-order valence-electron chi connectivity index (χ3n) is 3.74. The molecule has 1 aliphatic heterocycles. The summed E-state index contributed by atoms with van der Waals surface area (Å²) in [7, 11) is 1.91. The van der Waals surface area contributed by atoms with Crippen LogP contribution in [0.25, 0.3) is 12.2 Å². The molecule has 2 aromatic rings. The number of aryl methyl sites for hydroxylation is 1. The Hall–Kier alpha value is -2.36. The molecule has 3 nitrogen and oxygen atoms in total. The Morgan fingerprint density at radius 2 is 1.35 bits per heavy atom. The molecular weight excluding hydrogens is 322 g/mol. The van der Waals surface area contributed by atoms with Crippen LogP contribution in [0.2, 0.25) is 0 Å². The number of hydrogen-bond acceptors (Lipinski definition) is 3. The van der Waals surface area contributed by atoms with Gasteiger partial charge in [-0.3, -0.25) is 0 Å². The van der Waals surface area contributed by atoms with E-state index in [1.807, 2.05) is 50.4 Å². The molecule has 0 unspecified atom stereocenters. The van der Waals surface area contributed by atoms with Crippen molar-refractivity contribution in [3.63, 3.8) is 0 Å². The van der Waals surface area contributed by atoms with Crippen LogP contribution in [0.5, 0.6) is 0 Å². The number of benzene rings is 2. The lowest BCUT2D eigenvalue weighted by Crippen LogP contribution is -2.21. The van der Waals surface area contributed by atoms with Crippen LogP contribution in [0, 0.1) is 6.92 Å². The van der Waals surface area contributed by atoms with Crippen LogP contribution in [0.15, 0.2) is 61.7 Å². The zero-order valence-corrected chi connectivity index (χ0v) is 16.2. The smallest absolute Gasteiger partial charge is 0.154 e. The van der Waals surface area contributed by atoms with E-state index in [0.29, 0.717) is 0 Å². The maximum absolute atomic E-state index is 5.06. The molecule has 26 heavy (non-hydrogen) atoms. The standard InChI is InChI=1S/C9H11N.C9H10.C5H10O2/c1-3-8-4-6-9(10-2)7-5-8;1-3-9-6-4-8(2)5-7-9;1-5-6-3-2-4-7-5/h3-7,10H,1H2,2H3;3-7H,1H2,2H3;5H,2-4H2,1H3. The fraction of sp³-hybridized carbons (Fsp3) is 0.304. The van der Waals surface area contributed by atoms with E-state index in [4.69, 9.17) is 9.47 Å². The van der Waals surface area contributed by atoms with E-state index in [-0.39, 0.29) is 6.29 Å². The van der Waals surface area contributed by atoms with Gasteiger partial charge in [-0.15, -0.1) is 0 Å². The van der Waals surface area contributed by atoms with Crippen molar-refractivity contribution in [2.45, 2.75) is 26.6 Å². The largest absolute Gasteiger partial charge is 0.388 e. The SMILES string of the molecule is C=Cc1ccc(C)cc1.C=Cc1ccc(NC)cc1.CC1OCCCO1. The van der Waals surface area contributed by atoms with Gasteiger partial charge in [0.1, 0.15) is 0 Å². The molecule has 0 amide bonds. The molecule has 1 heterocycles.